The van der Waals surface area contributed by atoms with E-state index in [1.54, 1.807) is 0 Å². The molecular formula is C14H14ClFN2O2. The van der Waals surface area contributed by atoms with Crippen molar-refractivity contribution >= 4 is 11.6 Å². The van der Waals surface area contributed by atoms with Crippen LogP contribution in [-0.2, 0) is 13.1 Å². The Hall–Kier alpha value is -1.88. The zero-order valence-corrected chi connectivity index (χ0v) is 11.7. The summed E-state index contributed by atoms with van der Waals surface area (Å²) in [5.41, 5.74) is -0.789. The van der Waals surface area contributed by atoms with Crippen molar-refractivity contribution in [3.63, 3.8) is 0 Å². The van der Waals surface area contributed by atoms with E-state index < -0.39 is 17.1 Å². The summed E-state index contributed by atoms with van der Waals surface area (Å²) in [6.07, 6.45) is 2.21. The first kappa shape index (κ1) is 14.5. The third-order valence-corrected chi connectivity index (χ3v) is 3.34. The summed E-state index contributed by atoms with van der Waals surface area (Å²) in [4.78, 5) is 24.0. The van der Waals surface area contributed by atoms with E-state index in [1.807, 2.05) is 6.92 Å². The van der Waals surface area contributed by atoms with E-state index in [9.17, 15) is 14.0 Å². The van der Waals surface area contributed by atoms with Crippen molar-refractivity contribution in [3.05, 3.63) is 67.7 Å². The van der Waals surface area contributed by atoms with Crippen LogP contribution in [0.3, 0.4) is 0 Å². The number of rotatable bonds is 4. The van der Waals surface area contributed by atoms with Crippen LogP contribution >= 0.6 is 11.6 Å². The molecule has 0 fully saturated rings. The van der Waals surface area contributed by atoms with Gasteiger partial charge in [-0.1, -0.05) is 24.6 Å². The third kappa shape index (κ3) is 2.82. The lowest BCUT2D eigenvalue weighted by Crippen LogP contribution is -2.39. The molecule has 106 valence electrons. The van der Waals surface area contributed by atoms with Crippen LogP contribution in [0.25, 0.3) is 0 Å². The fraction of sp³-hybridized carbons (Fsp3) is 0.286. The zero-order chi connectivity index (χ0) is 14.7. The highest BCUT2D eigenvalue weighted by molar-refractivity contribution is 6.31. The first-order valence-electron chi connectivity index (χ1n) is 6.27. The number of aromatic nitrogens is 2. The van der Waals surface area contributed by atoms with Crippen molar-refractivity contribution in [1.82, 2.24) is 9.13 Å². The summed E-state index contributed by atoms with van der Waals surface area (Å²) >= 11 is 5.92. The Kier molecular flexibility index (Phi) is 4.39. The van der Waals surface area contributed by atoms with E-state index in [2.05, 4.69) is 0 Å². The van der Waals surface area contributed by atoms with Gasteiger partial charge in [-0.15, -0.1) is 0 Å². The minimum absolute atomic E-state index is 0.141. The summed E-state index contributed by atoms with van der Waals surface area (Å²) in [6, 6.07) is 5.55. The van der Waals surface area contributed by atoms with Crippen LogP contribution in [0.2, 0.25) is 5.02 Å². The molecule has 0 radical (unpaired) electrons. The molecule has 2 aromatic rings. The van der Waals surface area contributed by atoms with Crippen LogP contribution < -0.4 is 11.2 Å². The van der Waals surface area contributed by atoms with Gasteiger partial charge in [-0.3, -0.25) is 9.36 Å². The second kappa shape index (κ2) is 6.05. The van der Waals surface area contributed by atoms with E-state index in [4.69, 9.17) is 11.6 Å². The Labute approximate surface area is 120 Å². The van der Waals surface area contributed by atoms with Crippen molar-refractivity contribution in [2.24, 2.45) is 0 Å². The molecule has 0 saturated heterocycles. The Morgan fingerprint density at radius 3 is 2.65 bits per heavy atom. The minimum Gasteiger partial charge on any atom is -0.300 e. The van der Waals surface area contributed by atoms with Gasteiger partial charge in [0, 0.05) is 29.4 Å². The molecule has 1 aromatic heterocycles. The lowest BCUT2D eigenvalue weighted by Gasteiger charge is -2.10. The minimum atomic E-state index is -0.533. The average molecular weight is 297 g/mol. The van der Waals surface area contributed by atoms with Crippen molar-refractivity contribution in [2.75, 3.05) is 0 Å². The van der Waals surface area contributed by atoms with Gasteiger partial charge < -0.3 is 4.57 Å². The maximum atomic E-state index is 13.7. The normalized spacial score (nSPS) is 10.8. The quantitative estimate of drug-likeness (QED) is 0.868. The van der Waals surface area contributed by atoms with Gasteiger partial charge in [0.2, 0.25) is 0 Å². The second-order valence-corrected chi connectivity index (χ2v) is 4.82. The maximum Gasteiger partial charge on any atom is 0.331 e. The Morgan fingerprint density at radius 1 is 1.25 bits per heavy atom. The van der Waals surface area contributed by atoms with E-state index in [0.717, 1.165) is 11.0 Å². The smallest absolute Gasteiger partial charge is 0.300 e. The van der Waals surface area contributed by atoms with Gasteiger partial charge in [0.1, 0.15) is 5.82 Å². The van der Waals surface area contributed by atoms with E-state index in [1.165, 1.54) is 35.0 Å². The number of hydrogen-bond acceptors (Lipinski definition) is 2. The standard InChI is InChI=1S/C14H14ClFN2O2/c1-2-7-17-8-6-13(19)18(14(17)20)9-10-11(15)4-3-5-12(10)16/h3-6,8H,2,7,9H2,1H3. The van der Waals surface area contributed by atoms with Crippen molar-refractivity contribution in [3.8, 4) is 0 Å². The Balaban J connectivity index is 2.51. The van der Waals surface area contributed by atoms with Gasteiger partial charge >= 0.3 is 5.69 Å². The van der Waals surface area contributed by atoms with Crippen LogP contribution in [0.1, 0.15) is 18.9 Å². The first-order valence-corrected chi connectivity index (χ1v) is 6.65. The highest BCUT2D eigenvalue weighted by Gasteiger charge is 2.11. The first-order chi connectivity index (χ1) is 9.54. The van der Waals surface area contributed by atoms with Gasteiger partial charge in [0.05, 0.1) is 6.54 Å². The predicted molar refractivity (Wildman–Crippen MR) is 75.8 cm³/mol. The Morgan fingerprint density at radius 2 is 2.00 bits per heavy atom. The monoisotopic (exact) mass is 296 g/mol. The van der Waals surface area contributed by atoms with Crippen molar-refractivity contribution < 1.29 is 4.39 Å². The van der Waals surface area contributed by atoms with Crippen LogP contribution in [0.15, 0.2) is 40.1 Å². The molecule has 4 nitrogen and oxygen atoms in total. The molecular weight excluding hydrogens is 283 g/mol. The fourth-order valence-electron chi connectivity index (χ4n) is 1.95. The van der Waals surface area contributed by atoms with E-state index >= 15 is 0 Å². The number of hydrogen-bond donors (Lipinski definition) is 0. The molecule has 0 N–H and O–H groups in total. The predicted octanol–water partition coefficient (Wildman–Crippen LogP) is 2.26. The number of halogens is 2. The topological polar surface area (TPSA) is 44.0 Å². The average Bonchev–Trinajstić information content (AvgIpc) is 2.41. The lowest BCUT2D eigenvalue weighted by molar-refractivity contribution is 0.551. The van der Waals surface area contributed by atoms with E-state index in [-0.39, 0.29) is 17.1 Å². The molecule has 0 amide bonds. The van der Waals surface area contributed by atoms with Crippen LogP contribution in [0.5, 0.6) is 0 Å². The highest BCUT2D eigenvalue weighted by Crippen LogP contribution is 2.19. The molecule has 0 aliphatic carbocycles. The molecule has 0 saturated carbocycles. The van der Waals surface area contributed by atoms with Gasteiger partial charge in [0.15, 0.2) is 0 Å². The summed E-state index contributed by atoms with van der Waals surface area (Å²) in [7, 11) is 0. The summed E-state index contributed by atoms with van der Waals surface area (Å²) < 4.78 is 16.2. The van der Waals surface area contributed by atoms with E-state index in [0.29, 0.717) is 6.54 Å². The van der Waals surface area contributed by atoms with Gasteiger partial charge in [-0.2, -0.15) is 0 Å². The molecule has 20 heavy (non-hydrogen) atoms. The van der Waals surface area contributed by atoms with Crippen LogP contribution in [-0.4, -0.2) is 9.13 Å². The summed E-state index contributed by atoms with van der Waals surface area (Å²) in [5.74, 6) is -0.533. The zero-order valence-electron chi connectivity index (χ0n) is 11.0. The molecule has 0 spiro atoms. The Bertz CT molecular complexity index is 716. The SMILES string of the molecule is CCCn1ccc(=O)n(Cc2c(F)cccc2Cl)c1=O. The molecule has 1 aromatic carbocycles. The maximum absolute atomic E-state index is 13.7. The summed E-state index contributed by atoms with van der Waals surface area (Å²) in [5, 5.41) is 0.196. The molecule has 1 heterocycles. The third-order valence-electron chi connectivity index (χ3n) is 2.98. The summed E-state index contributed by atoms with van der Waals surface area (Å²) in [6.45, 7) is 2.26. The van der Waals surface area contributed by atoms with Crippen molar-refractivity contribution in [1.29, 1.82) is 0 Å². The second-order valence-electron chi connectivity index (χ2n) is 4.42. The lowest BCUT2D eigenvalue weighted by atomic mass is 10.2. The number of nitrogens with zero attached hydrogens (tertiary/aromatic N) is 2. The molecule has 0 unspecified atom stereocenters. The molecule has 0 aliphatic heterocycles. The number of benzene rings is 1. The molecule has 6 heteroatoms. The van der Waals surface area contributed by atoms with Gasteiger partial charge in [-0.05, 0) is 18.6 Å². The van der Waals surface area contributed by atoms with Crippen LogP contribution in [0.4, 0.5) is 4.39 Å². The number of aryl methyl sites for hydroxylation is 1. The van der Waals surface area contributed by atoms with Crippen LogP contribution in [0, 0.1) is 5.82 Å². The highest BCUT2D eigenvalue weighted by atomic mass is 35.5. The van der Waals surface area contributed by atoms with Gasteiger partial charge in [0.25, 0.3) is 5.56 Å². The van der Waals surface area contributed by atoms with Crippen molar-refractivity contribution in [2.45, 2.75) is 26.4 Å². The molecule has 0 bridgehead atoms. The fourth-order valence-corrected chi connectivity index (χ4v) is 2.18. The molecule has 2 rings (SSSR count). The molecule has 0 atom stereocenters. The largest absolute Gasteiger partial charge is 0.331 e. The van der Waals surface area contributed by atoms with Gasteiger partial charge in [-0.25, -0.2) is 9.18 Å². The molecule has 0 aliphatic rings.